The summed E-state index contributed by atoms with van der Waals surface area (Å²) in [5, 5.41) is 11.5. The Hall–Kier alpha value is -1.82. The molecule has 0 amide bonds. The predicted molar refractivity (Wildman–Crippen MR) is 96.1 cm³/mol. The SMILES string of the molecule is COc1cc(CN2C[C@@]3(C)C[C@@H]2CC(C)(C)C3)c([N+](=O)[O-])cc1OC. The lowest BCUT2D eigenvalue weighted by Gasteiger charge is -2.39. The molecule has 1 saturated heterocycles. The number of nitro benzene ring substituents is 1. The number of hydrogen-bond acceptors (Lipinski definition) is 5. The van der Waals surface area contributed by atoms with Crippen LogP contribution in [-0.4, -0.2) is 36.6 Å². The molecular weight excluding hydrogens is 320 g/mol. The molecule has 25 heavy (non-hydrogen) atoms. The number of methoxy groups -OCH3 is 2. The summed E-state index contributed by atoms with van der Waals surface area (Å²) in [4.78, 5) is 13.6. The topological polar surface area (TPSA) is 64.8 Å². The molecule has 1 aliphatic heterocycles. The molecule has 6 nitrogen and oxygen atoms in total. The third-order valence-electron chi connectivity index (χ3n) is 5.68. The first-order valence-electron chi connectivity index (χ1n) is 8.80. The lowest BCUT2D eigenvalue weighted by atomic mass is 9.65. The van der Waals surface area contributed by atoms with Crippen molar-refractivity contribution in [2.24, 2.45) is 10.8 Å². The van der Waals surface area contributed by atoms with Crippen LogP contribution in [0, 0.1) is 20.9 Å². The molecule has 0 N–H and O–H groups in total. The Morgan fingerprint density at radius 2 is 1.84 bits per heavy atom. The molecule has 1 aromatic rings. The molecule has 2 aliphatic rings. The molecule has 1 aliphatic carbocycles. The van der Waals surface area contributed by atoms with Crippen molar-refractivity contribution in [3.05, 3.63) is 27.8 Å². The molecule has 1 saturated carbocycles. The van der Waals surface area contributed by atoms with Gasteiger partial charge in [-0.25, -0.2) is 0 Å². The summed E-state index contributed by atoms with van der Waals surface area (Å²) < 4.78 is 10.6. The van der Waals surface area contributed by atoms with Gasteiger partial charge in [-0.2, -0.15) is 0 Å². The minimum Gasteiger partial charge on any atom is -0.493 e. The molecule has 0 radical (unpaired) electrons. The highest BCUT2D eigenvalue weighted by molar-refractivity contribution is 5.54. The number of fused-ring (bicyclic) bond motifs is 2. The maximum absolute atomic E-state index is 11.5. The maximum atomic E-state index is 11.5. The normalized spacial score (nSPS) is 28.0. The van der Waals surface area contributed by atoms with E-state index >= 15 is 0 Å². The highest BCUT2D eigenvalue weighted by Gasteiger charge is 2.49. The Kier molecular flexibility index (Phi) is 4.43. The Labute approximate surface area is 149 Å². The van der Waals surface area contributed by atoms with Gasteiger partial charge in [0.2, 0.25) is 0 Å². The van der Waals surface area contributed by atoms with Crippen LogP contribution in [0.1, 0.15) is 45.6 Å². The summed E-state index contributed by atoms with van der Waals surface area (Å²) in [6, 6.07) is 3.72. The van der Waals surface area contributed by atoms with Gasteiger partial charge in [-0.15, -0.1) is 0 Å². The minimum atomic E-state index is -0.328. The Bertz CT molecular complexity index is 688. The molecule has 0 spiro atoms. The molecule has 1 heterocycles. The fourth-order valence-electron chi connectivity index (χ4n) is 5.19. The van der Waals surface area contributed by atoms with Crippen LogP contribution in [0.3, 0.4) is 0 Å². The highest BCUT2D eigenvalue weighted by atomic mass is 16.6. The molecule has 2 bridgehead atoms. The van der Waals surface area contributed by atoms with Crippen molar-refractivity contribution in [1.82, 2.24) is 4.90 Å². The highest BCUT2D eigenvalue weighted by Crippen LogP contribution is 2.53. The zero-order chi connectivity index (χ0) is 18.4. The smallest absolute Gasteiger partial charge is 0.277 e. The third kappa shape index (κ3) is 3.45. The summed E-state index contributed by atoms with van der Waals surface area (Å²) in [6.07, 6.45) is 3.53. The Morgan fingerprint density at radius 3 is 2.44 bits per heavy atom. The monoisotopic (exact) mass is 348 g/mol. The van der Waals surface area contributed by atoms with Crippen LogP contribution < -0.4 is 9.47 Å². The second kappa shape index (κ2) is 6.16. The van der Waals surface area contributed by atoms with Gasteiger partial charge in [-0.05, 0) is 36.2 Å². The number of benzene rings is 1. The van der Waals surface area contributed by atoms with Crippen molar-refractivity contribution in [3.8, 4) is 11.5 Å². The molecule has 3 rings (SSSR count). The number of rotatable bonds is 5. The maximum Gasteiger partial charge on any atom is 0.277 e. The average molecular weight is 348 g/mol. The Morgan fingerprint density at radius 1 is 1.20 bits per heavy atom. The van der Waals surface area contributed by atoms with Crippen molar-refractivity contribution in [1.29, 1.82) is 0 Å². The minimum absolute atomic E-state index is 0.100. The van der Waals surface area contributed by atoms with Gasteiger partial charge in [0.1, 0.15) is 0 Å². The van der Waals surface area contributed by atoms with Gasteiger partial charge < -0.3 is 9.47 Å². The van der Waals surface area contributed by atoms with Crippen molar-refractivity contribution >= 4 is 5.69 Å². The van der Waals surface area contributed by atoms with Crippen molar-refractivity contribution in [2.45, 2.75) is 52.6 Å². The fourth-order valence-corrected chi connectivity index (χ4v) is 5.19. The van der Waals surface area contributed by atoms with E-state index in [0.717, 1.165) is 13.0 Å². The lowest BCUT2D eigenvalue weighted by Crippen LogP contribution is -2.34. The van der Waals surface area contributed by atoms with Crippen LogP contribution >= 0.6 is 0 Å². The van der Waals surface area contributed by atoms with Crippen LogP contribution in [0.2, 0.25) is 0 Å². The van der Waals surface area contributed by atoms with E-state index in [1.54, 1.807) is 13.2 Å². The van der Waals surface area contributed by atoms with Gasteiger partial charge in [0.25, 0.3) is 5.69 Å². The van der Waals surface area contributed by atoms with Crippen LogP contribution in [-0.2, 0) is 6.54 Å². The molecule has 1 aromatic carbocycles. The molecule has 6 heteroatoms. The van der Waals surface area contributed by atoms with Gasteiger partial charge in [-0.1, -0.05) is 20.8 Å². The second-order valence-corrected chi connectivity index (χ2v) is 8.71. The molecule has 2 atom stereocenters. The summed E-state index contributed by atoms with van der Waals surface area (Å²) in [6.45, 7) is 8.59. The van der Waals surface area contributed by atoms with Crippen LogP contribution in [0.5, 0.6) is 11.5 Å². The Balaban J connectivity index is 1.91. The summed E-state index contributed by atoms with van der Waals surface area (Å²) >= 11 is 0. The predicted octanol–water partition coefficient (Wildman–Crippen LogP) is 4.01. The summed E-state index contributed by atoms with van der Waals surface area (Å²) in [7, 11) is 3.05. The van der Waals surface area contributed by atoms with Crippen molar-refractivity contribution in [2.75, 3.05) is 20.8 Å². The first-order chi connectivity index (χ1) is 11.7. The van der Waals surface area contributed by atoms with Crippen molar-refractivity contribution < 1.29 is 14.4 Å². The molecule has 2 fully saturated rings. The quantitative estimate of drug-likeness (QED) is 0.594. The van der Waals surface area contributed by atoms with Gasteiger partial charge in [0.15, 0.2) is 11.5 Å². The number of likely N-dealkylation sites (tertiary alicyclic amines) is 1. The van der Waals surface area contributed by atoms with E-state index in [4.69, 9.17) is 9.47 Å². The standard InChI is InChI=1S/C19H28N2O4/c1-18(2)8-14-9-19(3,11-18)12-20(14)10-13-6-16(24-4)17(25-5)7-15(13)21(22)23/h6-7,14H,8-12H2,1-5H3/t14-,19-/m0/s1. The lowest BCUT2D eigenvalue weighted by molar-refractivity contribution is -0.385. The third-order valence-corrected chi connectivity index (χ3v) is 5.68. The summed E-state index contributed by atoms with van der Waals surface area (Å²) in [5.41, 5.74) is 1.42. The van der Waals surface area contributed by atoms with E-state index in [2.05, 4.69) is 25.7 Å². The van der Waals surface area contributed by atoms with Gasteiger partial charge in [-0.3, -0.25) is 15.0 Å². The average Bonchev–Trinajstić information content (AvgIpc) is 2.74. The van der Waals surface area contributed by atoms with Gasteiger partial charge >= 0.3 is 0 Å². The number of hydrogen-bond donors (Lipinski definition) is 0. The van der Waals surface area contributed by atoms with E-state index < -0.39 is 0 Å². The zero-order valence-electron chi connectivity index (χ0n) is 15.8. The van der Waals surface area contributed by atoms with Crippen LogP contribution in [0.15, 0.2) is 12.1 Å². The number of nitro groups is 1. The van der Waals surface area contributed by atoms with Crippen LogP contribution in [0.4, 0.5) is 5.69 Å². The van der Waals surface area contributed by atoms with E-state index in [1.165, 1.54) is 26.0 Å². The van der Waals surface area contributed by atoms with E-state index in [9.17, 15) is 10.1 Å². The van der Waals surface area contributed by atoms with Gasteiger partial charge in [0.05, 0.1) is 25.2 Å². The largest absolute Gasteiger partial charge is 0.493 e. The molecule has 138 valence electrons. The molecule has 0 aromatic heterocycles. The number of ether oxygens (including phenoxy) is 2. The van der Waals surface area contributed by atoms with Gasteiger partial charge in [0, 0.05) is 24.7 Å². The second-order valence-electron chi connectivity index (χ2n) is 8.71. The number of nitrogens with zero attached hydrogens (tertiary/aromatic N) is 2. The first kappa shape index (κ1) is 18.0. The molecular formula is C19H28N2O4. The van der Waals surface area contributed by atoms with E-state index in [1.807, 2.05) is 0 Å². The zero-order valence-corrected chi connectivity index (χ0v) is 15.8. The summed E-state index contributed by atoms with van der Waals surface area (Å²) in [5.74, 6) is 0.933. The first-order valence-corrected chi connectivity index (χ1v) is 8.80. The van der Waals surface area contributed by atoms with E-state index in [0.29, 0.717) is 40.5 Å². The van der Waals surface area contributed by atoms with Crippen LogP contribution in [0.25, 0.3) is 0 Å². The van der Waals surface area contributed by atoms with Crippen molar-refractivity contribution in [3.63, 3.8) is 0 Å². The fraction of sp³-hybridized carbons (Fsp3) is 0.684. The van der Waals surface area contributed by atoms with E-state index in [-0.39, 0.29) is 10.6 Å². The molecule has 0 unspecified atom stereocenters.